The molecule has 1 aromatic heterocycles. The van der Waals surface area contributed by atoms with E-state index in [-0.39, 0.29) is 33.5 Å². The molecule has 2 heterocycles. The Morgan fingerprint density at radius 3 is 2.53 bits per heavy atom. The number of hydrogen-bond acceptors (Lipinski definition) is 7. The molecule has 0 spiro atoms. The van der Waals surface area contributed by atoms with Gasteiger partial charge >= 0.3 is 6.03 Å². The number of halogens is 1. The summed E-state index contributed by atoms with van der Waals surface area (Å²) < 4.78 is 11.0. The van der Waals surface area contributed by atoms with Gasteiger partial charge in [-0.05, 0) is 61.5 Å². The summed E-state index contributed by atoms with van der Waals surface area (Å²) in [6, 6.07) is 12.5. The molecular weight excluding hydrogens is 466 g/mol. The molecular formula is C23H16ClN3O7. The highest BCUT2D eigenvalue weighted by Gasteiger charge is 2.37. The smallest absolute Gasteiger partial charge is 0.335 e. The van der Waals surface area contributed by atoms with Gasteiger partial charge in [-0.1, -0.05) is 11.6 Å². The zero-order valence-electron chi connectivity index (χ0n) is 17.6. The van der Waals surface area contributed by atoms with E-state index in [1.165, 1.54) is 48.5 Å². The summed E-state index contributed by atoms with van der Waals surface area (Å²) >= 11 is 5.84. The molecule has 0 bridgehead atoms. The van der Waals surface area contributed by atoms with Crippen molar-refractivity contribution < 1.29 is 28.5 Å². The van der Waals surface area contributed by atoms with Crippen LogP contribution in [0.25, 0.3) is 17.4 Å². The second-order valence-electron chi connectivity index (χ2n) is 7.01. The van der Waals surface area contributed by atoms with Crippen LogP contribution in [0.4, 0.5) is 16.2 Å². The third kappa shape index (κ3) is 4.39. The number of anilines is 1. The van der Waals surface area contributed by atoms with Crippen molar-refractivity contribution in [1.82, 2.24) is 5.32 Å². The molecule has 1 saturated heterocycles. The Kier molecular flexibility index (Phi) is 6.15. The second-order valence-corrected chi connectivity index (χ2v) is 7.42. The number of amides is 4. The van der Waals surface area contributed by atoms with Gasteiger partial charge in [0.05, 0.1) is 17.2 Å². The number of ether oxygens (including phenoxy) is 1. The van der Waals surface area contributed by atoms with Gasteiger partial charge in [-0.2, -0.15) is 0 Å². The van der Waals surface area contributed by atoms with Crippen molar-refractivity contribution in [3.63, 3.8) is 0 Å². The minimum absolute atomic E-state index is 0.0221. The van der Waals surface area contributed by atoms with E-state index in [1.807, 2.05) is 6.92 Å². The van der Waals surface area contributed by atoms with Gasteiger partial charge in [0.2, 0.25) is 0 Å². The minimum atomic E-state index is -0.884. The van der Waals surface area contributed by atoms with Crippen molar-refractivity contribution in [3.8, 4) is 17.1 Å². The number of barbiturate groups is 1. The van der Waals surface area contributed by atoms with Crippen LogP contribution in [0.2, 0.25) is 5.02 Å². The van der Waals surface area contributed by atoms with Gasteiger partial charge in [0, 0.05) is 11.6 Å². The maximum atomic E-state index is 13.0. The Morgan fingerprint density at radius 2 is 1.85 bits per heavy atom. The molecule has 11 heteroatoms. The number of nitrogens with zero attached hydrogens (tertiary/aromatic N) is 2. The zero-order chi connectivity index (χ0) is 24.4. The molecule has 0 atom stereocenters. The lowest BCUT2D eigenvalue weighted by Gasteiger charge is -2.26. The van der Waals surface area contributed by atoms with Crippen LogP contribution in [0.1, 0.15) is 12.7 Å². The lowest BCUT2D eigenvalue weighted by atomic mass is 10.1. The molecule has 2 aromatic carbocycles. The number of hydrogen-bond donors (Lipinski definition) is 1. The highest BCUT2D eigenvalue weighted by Crippen LogP contribution is 2.32. The predicted octanol–water partition coefficient (Wildman–Crippen LogP) is 4.57. The number of rotatable bonds is 6. The third-order valence-electron chi connectivity index (χ3n) is 4.85. The van der Waals surface area contributed by atoms with Crippen molar-refractivity contribution >= 4 is 46.9 Å². The number of furan rings is 1. The van der Waals surface area contributed by atoms with Crippen molar-refractivity contribution in [2.24, 2.45) is 0 Å². The first-order valence-electron chi connectivity index (χ1n) is 9.97. The van der Waals surface area contributed by atoms with E-state index < -0.39 is 22.8 Å². The normalized spacial score (nSPS) is 14.9. The number of carbonyl (C=O) groups is 3. The molecule has 1 fully saturated rings. The maximum Gasteiger partial charge on any atom is 0.335 e. The molecule has 0 aliphatic carbocycles. The molecule has 4 amide bonds. The first-order chi connectivity index (χ1) is 16.3. The first-order valence-corrected chi connectivity index (χ1v) is 10.3. The molecule has 1 aliphatic rings. The SMILES string of the molecule is CCOc1ccc(N2C(=O)NC(=O)/C(=C/c3ccc(-c4ccc(Cl)c([N+](=O)[O-])c4)o3)C2=O)cc1. The molecule has 0 saturated carbocycles. The van der Waals surface area contributed by atoms with Crippen LogP contribution < -0.4 is 15.0 Å². The largest absolute Gasteiger partial charge is 0.494 e. The maximum absolute atomic E-state index is 13.0. The Morgan fingerprint density at radius 1 is 1.12 bits per heavy atom. The molecule has 4 rings (SSSR count). The van der Waals surface area contributed by atoms with E-state index in [4.69, 9.17) is 20.8 Å². The lowest BCUT2D eigenvalue weighted by Crippen LogP contribution is -2.54. The fourth-order valence-electron chi connectivity index (χ4n) is 3.28. The number of urea groups is 1. The average Bonchev–Trinajstić information content (AvgIpc) is 3.27. The molecule has 0 radical (unpaired) electrons. The number of nitro groups is 1. The Labute approximate surface area is 197 Å². The molecule has 0 unspecified atom stereocenters. The van der Waals surface area contributed by atoms with Gasteiger partial charge in [0.15, 0.2) is 0 Å². The summed E-state index contributed by atoms with van der Waals surface area (Å²) in [6.07, 6.45) is 1.19. The van der Waals surface area contributed by atoms with Crippen LogP contribution in [0.3, 0.4) is 0 Å². The van der Waals surface area contributed by atoms with Crippen molar-refractivity contribution in [1.29, 1.82) is 0 Å². The van der Waals surface area contributed by atoms with E-state index in [0.717, 1.165) is 4.90 Å². The van der Waals surface area contributed by atoms with Crippen LogP contribution >= 0.6 is 11.6 Å². The molecule has 1 N–H and O–H groups in total. The summed E-state index contributed by atoms with van der Waals surface area (Å²) in [5.74, 6) is -0.759. The molecule has 1 aliphatic heterocycles. The Hall–Kier alpha value is -4.44. The summed E-state index contributed by atoms with van der Waals surface area (Å²) in [5, 5.41) is 13.2. The number of imide groups is 2. The summed E-state index contributed by atoms with van der Waals surface area (Å²) in [7, 11) is 0. The summed E-state index contributed by atoms with van der Waals surface area (Å²) in [5.41, 5.74) is 0.0163. The fourth-order valence-corrected chi connectivity index (χ4v) is 3.47. The number of benzene rings is 2. The van der Waals surface area contributed by atoms with E-state index >= 15 is 0 Å². The monoisotopic (exact) mass is 481 g/mol. The molecule has 34 heavy (non-hydrogen) atoms. The van der Waals surface area contributed by atoms with Gasteiger partial charge in [-0.15, -0.1) is 0 Å². The van der Waals surface area contributed by atoms with Crippen molar-refractivity contribution in [3.05, 3.63) is 81.1 Å². The van der Waals surface area contributed by atoms with Crippen LogP contribution in [0.15, 0.2) is 64.6 Å². The van der Waals surface area contributed by atoms with Crippen LogP contribution in [0, 0.1) is 10.1 Å². The highest BCUT2D eigenvalue weighted by atomic mass is 35.5. The molecule has 3 aromatic rings. The van der Waals surface area contributed by atoms with Crippen LogP contribution in [-0.2, 0) is 9.59 Å². The van der Waals surface area contributed by atoms with E-state index in [0.29, 0.717) is 17.9 Å². The Bertz CT molecular complexity index is 1340. The fraction of sp³-hybridized carbons (Fsp3) is 0.0870. The zero-order valence-corrected chi connectivity index (χ0v) is 18.4. The molecule has 172 valence electrons. The Balaban J connectivity index is 1.64. The van der Waals surface area contributed by atoms with E-state index in [2.05, 4.69) is 5.32 Å². The van der Waals surface area contributed by atoms with Gasteiger partial charge in [0.25, 0.3) is 17.5 Å². The van der Waals surface area contributed by atoms with Gasteiger partial charge in [-0.3, -0.25) is 25.0 Å². The van der Waals surface area contributed by atoms with Crippen LogP contribution in [-0.4, -0.2) is 29.4 Å². The van der Waals surface area contributed by atoms with Gasteiger partial charge in [0.1, 0.15) is 27.9 Å². The minimum Gasteiger partial charge on any atom is -0.494 e. The van der Waals surface area contributed by atoms with Gasteiger partial charge in [-0.25, -0.2) is 9.69 Å². The quantitative estimate of drug-likeness (QED) is 0.236. The number of nitrogens with one attached hydrogen (secondary N) is 1. The van der Waals surface area contributed by atoms with E-state index in [9.17, 15) is 24.5 Å². The first kappa shape index (κ1) is 22.7. The summed E-state index contributed by atoms with van der Waals surface area (Å²) in [6.45, 7) is 2.28. The highest BCUT2D eigenvalue weighted by molar-refractivity contribution is 6.39. The summed E-state index contributed by atoms with van der Waals surface area (Å²) in [4.78, 5) is 49.1. The van der Waals surface area contributed by atoms with Crippen LogP contribution in [0.5, 0.6) is 5.75 Å². The number of nitro benzene ring substituents is 1. The second kappa shape index (κ2) is 9.20. The number of carbonyl (C=O) groups excluding carboxylic acids is 3. The van der Waals surface area contributed by atoms with Crippen molar-refractivity contribution in [2.75, 3.05) is 11.5 Å². The van der Waals surface area contributed by atoms with Gasteiger partial charge < -0.3 is 9.15 Å². The molecule has 10 nitrogen and oxygen atoms in total. The predicted molar refractivity (Wildman–Crippen MR) is 122 cm³/mol. The third-order valence-corrected chi connectivity index (χ3v) is 5.17. The average molecular weight is 482 g/mol. The topological polar surface area (TPSA) is 132 Å². The standard InChI is InChI=1S/C23H16ClN3O7/c1-2-33-15-6-4-14(5-7-15)26-22(29)17(21(28)25-23(26)30)12-16-8-10-20(34-16)13-3-9-18(24)19(11-13)27(31)32/h3-12H,2H2,1H3,(H,25,28,30)/b17-12-. The lowest BCUT2D eigenvalue weighted by molar-refractivity contribution is -0.384. The van der Waals surface area contributed by atoms with E-state index in [1.54, 1.807) is 12.1 Å². The van der Waals surface area contributed by atoms with Crippen molar-refractivity contribution in [2.45, 2.75) is 6.92 Å².